The van der Waals surface area contributed by atoms with Gasteiger partial charge in [0.2, 0.25) is 0 Å². The highest BCUT2D eigenvalue weighted by Crippen LogP contribution is 2.35. The molecule has 2 aromatic rings. The summed E-state index contributed by atoms with van der Waals surface area (Å²) in [5.41, 5.74) is 4.38. The van der Waals surface area contributed by atoms with E-state index in [9.17, 15) is 4.39 Å². The number of ether oxygens (including phenoxy) is 1. The number of anilines is 1. The van der Waals surface area contributed by atoms with E-state index in [1.54, 1.807) is 6.07 Å². The van der Waals surface area contributed by atoms with Crippen molar-refractivity contribution in [3.05, 3.63) is 58.9 Å². The molecule has 19 heavy (non-hydrogen) atoms. The van der Waals surface area contributed by atoms with Crippen LogP contribution in [-0.4, -0.2) is 6.61 Å². The van der Waals surface area contributed by atoms with Crippen molar-refractivity contribution in [3.8, 4) is 5.75 Å². The summed E-state index contributed by atoms with van der Waals surface area (Å²) in [6, 6.07) is 11.0. The highest BCUT2D eigenvalue weighted by molar-refractivity contribution is 5.59. The Morgan fingerprint density at radius 1 is 1.16 bits per heavy atom. The SMILES string of the molecule is Cc1ccc(C2COc3ccc(F)cc3N2)c(C)c1. The Kier molecular flexibility index (Phi) is 2.90. The summed E-state index contributed by atoms with van der Waals surface area (Å²) < 4.78 is 19.0. The summed E-state index contributed by atoms with van der Waals surface area (Å²) in [5.74, 6) is 0.457. The van der Waals surface area contributed by atoms with Crippen LogP contribution in [0.2, 0.25) is 0 Å². The maximum absolute atomic E-state index is 13.3. The third-order valence-corrected chi connectivity index (χ3v) is 3.48. The molecule has 0 saturated heterocycles. The van der Waals surface area contributed by atoms with E-state index in [2.05, 4.69) is 37.4 Å². The number of rotatable bonds is 1. The first-order valence-electron chi connectivity index (χ1n) is 6.39. The fourth-order valence-corrected chi connectivity index (χ4v) is 2.53. The molecule has 1 aliphatic rings. The monoisotopic (exact) mass is 257 g/mol. The van der Waals surface area contributed by atoms with Crippen LogP contribution in [0.1, 0.15) is 22.7 Å². The lowest BCUT2D eigenvalue weighted by Crippen LogP contribution is -2.24. The Balaban J connectivity index is 1.93. The van der Waals surface area contributed by atoms with E-state index in [0.717, 1.165) is 5.69 Å². The molecule has 0 saturated carbocycles. The number of nitrogens with one attached hydrogen (secondary N) is 1. The fourth-order valence-electron chi connectivity index (χ4n) is 2.53. The Bertz CT molecular complexity index is 624. The van der Waals surface area contributed by atoms with Gasteiger partial charge < -0.3 is 10.1 Å². The average molecular weight is 257 g/mol. The van der Waals surface area contributed by atoms with Crippen LogP contribution >= 0.6 is 0 Å². The number of aryl methyl sites for hydroxylation is 2. The maximum Gasteiger partial charge on any atom is 0.142 e. The first kappa shape index (κ1) is 12.0. The van der Waals surface area contributed by atoms with Gasteiger partial charge in [0.1, 0.15) is 18.2 Å². The summed E-state index contributed by atoms with van der Waals surface area (Å²) in [5, 5.41) is 3.35. The molecule has 1 heterocycles. The highest BCUT2D eigenvalue weighted by Gasteiger charge is 2.21. The number of halogens is 1. The Labute approximate surface area is 112 Å². The number of benzene rings is 2. The minimum Gasteiger partial charge on any atom is -0.489 e. The van der Waals surface area contributed by atoms with E-state index in [0.29, 0.717) is 12.4 Å². The van der Waals surface area contributed by atoms with Gasteiger partial charge in [-0.3, -0.25) is 0 Å². The summed E-state index contributed by atoms with van der Waals surface area (Å²) >= 11 is 0. The topological polar surface area (TPSA) is 21.3 Å². The molecular formula is C16H16FNO. The van der Waals surface area contributed by atoms with Crippen molar-refractivity contribution in [2.24, 2.45) is 0 Å². The van der Waals surface area contributed by atoms with Crippen molar-refractivity contribution in [3.63, 3.8) is 0 Å². The lowest BCUT2D eigenvalue weighted by Gasteiger charge is -2.28. The van der Waals surface area contributed by atoms with Crippen LogP contribution in [-0.2, 0) is 0 Å². The molecule has 1 N–H and O–H groups in total. The number of hydrogen-bond donors (Lipinski definition) is 1. The molecule has 0 aliphatic carbocycles. The molecule has 1 atom stereocenters. The lowest BCUT2D eigenvalue weighted by molar-refractivity contribution is 0.285. The van der Waals surface area contributed by atoms with E-state index >= 15 is 0 Å². The second kappa shape index (κ2) is 4.57. The fraction of sp³-hybridized carbons (Fsp3) is 0.250. The van der Waals surface area contributed by atoms with Crippen LogP contribution in [0.15, 0.2) is 36.4 Å². The molecule has 3 rings (SSSR count). The second-order valence-corrected chi connectivity index (χ2v) is 5.01. The second-order valence-electron chi connectivity index (χ2n) is 5.01. The van der Waals surface area contributed by atoms with Crippen LogP contribution in [0.4, 0.5) is 10.1 Å². The predicted octanol–water partition coefficient (Wildman–Crippen LogP) is 3.99. The minimum atomic E-state index is -0.254. The average Bonchev–Trinajstić information content (AvgIpc) is 2.38. The van der Waals surface area contributed by atoms with Crippen LogP contribution in [0.5, 0.6) is 5.75 Å². The molecule has 3 heteroatoms. The summed E-state index contributed by atoms with van der Waals surface area (Å²) in [6.45, 7) is 4.72. The van der Waals surface area contributed by atoms with Crippen LogP contribution in [0.25, 0.3) is 0 Å². The highest BCUT2D eigenvalue weighted by atomic mass is 19.1. The van der Waals surface area contributed by atoms with Crippen molar-refractivity contribution in [1.29, 1.82) is 0 Å². The molecule has 0 fully saturated rings. The molecule has 1 unspecified atom stereocenters. The summed E-state index contributed by atoms with van der Waals surface area (Å²) in [4.78, 5) is 0. The zero-order valence-electron chi connectivity index (χ0n) is 11.0. The van der Waals surface area contributed by atoms with E-state index in [4.69, 9.17) is 4.74 Å². The third-order valence-electron chi connectivity index (χ3n) is 3.48. The molecule has 0 spiro atoms. The molecule has 0 aromatic heterocycles. The molecule has 0 radical (unpaired) electrons. The van der Waals surface area contributed by atoms with Gasteiger partial charge in [-0.05, 0) is 37.1 Å². The largest absolute Gasteiger partial charge is 0.489 e. The molecule has 98 valence electrons. The zero-order chi connectivity index (χ0) is 13.4. The quantitative estimate of drug-likeness (QED) is 0.834. The van der Waals surface area contributed by atoms with Gasteiger partial charge in [-0.25, -0.2) is 4.39 Å². The molecule has 1 aliphatic heterocycles. The molecule has 2 aromatic carbocycles. The van der Waals surface area contributed by atoms with E-state index in [1.165, 1.54) is 28.8 Å². The van der Waals surface area contributed by atoms with Crippen LogP contribution < -0.4 is 10.1 Å². The third kappa shape index (κ3) is 2.28. The Hall–Kier alpha value is -2.03. The Morgan fingerprint density at radius 3 is 2.79 bits per heavy atom. The van der Waals surface area contributed by atoms with Crippen LogP contribution in [0, 0.1) is 19.7 Å². The van der Waals surface area contributed by atoms with E-state index in [-0.39, 0.29) is 11.9 Å². The predicted molar refractivity (Wildman–Crippen MR) is 74.2 cm³/mol. The van der Waals surface area contributed by atoms with Crippen molar-refractivity contribution < 1.29 is 9.13 Å². The van der Waals surface area contributed by atoms with E-state index in [1.807, 2.05) is 0 Å². The van der Waals surface area contributed by atoms with Gasteiger partial charge in [-0.2, -0.15) is 0 Å². The summed E-state index contributed by atoms with van der Waals surface area (Å²) in [7, 11) is 0. The maximum atomic E-state index is 13.3. The van der Waals surface area contributed by atoms with Crippen molar-refractivity contribution in [1.82, 2.24) is 0 Å². The number of hydrogen-bond acceptors (Lipinski definition) is 2. The zero-order valence-corrected chi connectivity index (χ0v) is 11.0. The number of fused-ring (bicyclic) bond motifs is 1. The minimum absolute atomic E-state index is 0.0647. The first-order valence-corrected chi connectivity index (χ1v) is 6.39. The van der Waals surface area contributed by atoms with E-state index < -0.39 is 0 Å². The molecule has 0 amide bonds. The smallest absolute Gasteiger partial charge is 0.142 e. The van der Waals surface area contributed by atoms with Gasteiger partial charge >= 0.3 is 0 Å². The van der Waals surface area contributed by atoms with Crippen molar-refractivity contribution >= 4 is 5.69 Å². The first-order chi connectivity index (χ1) is 9.13. The standard InChI is InChI=1S/C16H16FNO/c1-10-3-5-13(11(2)7-10)15-9-19-16-6-4-12(17)8-14(16)18-15/h3-8,15,18H,9H2,1-2H3. The lowest BCUT2D eigenvalue weighted by atomic mass is 9.98. The van der Waals surface area contributed by atoms with Gasteiger partial charge in [0.05, 0.1) is 11.7 Å². The Morgan fingerprint density at radius 2 is 2.00 bits per heavy atom. The summed E-state index contributed by atoms with van der Waals surface area (Å²) in [6.07, 6.45) is 0. The molecule has 0 bridgehead atoms. The van der Waals surface area contributed by atoms with Gasteiger partial charge in [0.25, 0.3) is 0 Å². The molecular weight excluding hydrogens is 241 g/mol. The van der Waals surface area contributed by atoms with Crippen molar-refractivity contribution in [2.45, 2.75) is 19.9 Å². The van der Waals surface area contributed by atoms with Gasteiger partial charge in [-0.1, -0.05) is 23.8 Å². The van der Waals surface area contributed by atoms with Crippen LogP contribution in [0.3, 0.4) is 0 Å². The molecule has 2 nitrogen and oxygen atoms in total. The van der Waals surface area contributed by atoms with Crippen molar-refractivity contribution in [2.75, 3.05) is 11.9 Å². The normalized spacial score (nSPS) is 17.3. The van der Waals surface area contributed by atoms with Gasteiger partial charge in [-0.15, -0.1) is 0 Å². The van der Waals surface area contributed by atoms with Gasteiger partial charge in [0.15, 0.2) is 0 Å². The van der Waals surface area contributed by atoms with Gasteiger partial charge in [0, 0.05) is 6.07 Å².